The summed E-state index contributed by atoms with van der Waals surface area (Å²) in [7, 11) is 0. The SMILES string of the molecule is CC(C)C1CCC(C(N)=O)C1. The molecule has 1 fully saturated rings. The molecular formula is C9H17NO. The number of carbonyl (C=O) groups excluding carboxylic acids is 1. The standard InChI is InChI=1S/C9H17NO/c1-6(2)7-3-4-8(5-7)9(10)11/h6-8H,3-5H2,1-2H3,(H2,10,11). The molecular weight excluding hydrogens is 138 g/mol. The molecule has 2 unspecified atom stereocenters. The fourth-order valence-corrected chi connectivity index (χ4v) is 1.88. The first-order valence-electron chi connectivity index (χ1n) is 4.40. The van der Waals surface area contributed by atoms with E-state index in [1.54, 1.807) is 0 Å². The molecule has 1 aliphatic carbocycles. The molecule has 0 bridgehead atoms. The van der Waals surface area contributed by atoms with Crippen LogP contribution in [0.15, 0.2) is 0 Å². The van der Waals surface area contributed by atoms with Gasteiger partial charge in [0.05, 0.1) is 0 Å². The highest BCUT2D eigenvalue weighted by Gasteiger charge is 2.29. The van der Waals surface area contributed by atoms with Crippen molar-refractivity contribution in [1.82, 2.24) is 0 Å². The molecule has 1 rings (SSSR count). The average Bonchev–Trinajstić information content (AvgIpc) is 2.33. The van der Waals surface area contributed by atoms with E-state index < -0.39 is 0 Å². The van der Waals surface area contributed by atoms with E-state index in [9.17, 15) is 4.79 Å². The molecule has 0 heterocycles. The van der Waals surface area contributed by atoms with E-state index in [-0.39, 0.29) is 11.8 Å². The molecule has 0 aromatic carbocycles. The molecule has 0 saturated heterocycles. The smallest absolute Gasteiger partial charge is 0.220 e. The van der Waals surface area contributed by atoms with Gasteiger partial charge < -0.3 is 5.73 Å². The number of hydrogen-bond acceptors (Lipinski definition) is 1. The van der Waals surface area contributed by atoms with Gasteiger partial charge in [-0.25, -0.2) is 0 Å². The van der Waals surface area contributed by atoms with E-state index in [1.165, 1.54) is 6.42 Å². The Hall–Kier alpha value is -0.530. The highest BCUT2D eigenvalue weighted by atomic mass is 16.1. The van der Waals surface area contributed by atoms with E-state index in [1.807, 2.05) is 0 Å². The summed E-state index contributed by atoms with van der Waals surface area (Å²) in [6.45, 7) is 4.43. The summed E-state index contributed by atoms with van der Waals surface area (Å²) in [4.78, 5) is 10.8. The number of carbonyl (C=O) groups is 1. The molecule has 64 valence electrons. The van der Waals surface area contributed by atoms with Crippen LogP contribution < -0.4 is 5.73 Å². The molecule has 2 atom stereocenters. The first kappa shape index (κ1) is 8.57. The van der Waals surface area contributed by atoms with Crippen molar-refractivity contribution in [3.63, 3.8) is 0 Å². The van der Waals surface area contributed by atoms with Gasteiger partial charge in [-0.2, -0.15) is 0 Å². The predicted octanol–water partition coefficient (Wildman–Crippen LogP) is 1.54. The van der Waals surface area contributed by atoms with Gasteiger partial charge in [0.25, 0.3) is 0 Å². The largest absolute Gasteiger partial charge is 0.369 e. The molecule has 0 aromatic heterocycles. The zero-order valence-corrected chi connectivity index (χ0v) is 7.34. The van der Waals surface area contributed by atoms with Crippen LogP contribution in [-0.2, 0) is 4.79 Å². The van der Waals surface area contributed by atoms with Crippen LogP contribution in [0.5, 0.6) is 0 Å². The van der Waals surface area contributed by atoms with Gasteiger partial charge in [-0.15, -0.1) is 0 Å². The lowest BCUT2D eigenvalue weighted by Crippen LogP contribution is -2.21. The number of rotatable bonds is 2. The quantitative estimate of drug-likeness (QED) is 0.646. The second kappa shape index (κ2) is 3.24. The van der Waals surface area contributed by atoms with E-state index in [4.69, 9.17) is 5.73 Å². The van der Waals surface area contributed by atoms with Crippen molar-refractivity contribution in [2.75, 3.05) is 0 Å². The normalized spacial score (nSPS) is 31.2. The van der Waals surface area contributed by atoms with Gasteiger partial charge >= 0.3 is 0 Å². The first-order valence-corrected chi connectivity index (χ1v) is 4.40. The van der Waals surface area contributed by atoms with Gasteiger partial charge in [0, 0.05) is 5.92 Å². The van der Waals surface area contributed by atoms with Crippen LogP contribution in [0.4, 0.5) is 0 Å². The summed E-state index contributed by atoms with van der Waals surface area (Å²) >= 11 is 0. The zero-order chi connectivity index (χ0) is 8.43. The van der Waals surface area contributed by atoms with E-state index in [0.717, 1.165) is 18.8 Å². The van der Waals surface area contributed by atoms with Crippen LogP contribution in [0.3, 0.4) is 0 Å². The summed E-state index contributed by atoms with van der Waals surface area (Å²) in [6.07, 6.45) is 3.22. The van der Waals surface area contributed by atoms with Crippen molar-refractivity contribution in [3.05, 3.63) is 0 Å². The zero-order valence-electron chi connectivity index (χ0n) is 7.34. The van der Waals surface area contributed by atoms with Crippen LogP contribution >= 0.6 is 0 Å². The Morgan fingerprint density at radius 2 is 2.09 bits per heavy atom. The monoisotopic (exact) mass is 155 g/mol. The Bertz CT molecular complexity index is 154. The summed E-state index contributed by atoms with van der Waals surface area (Å²) < 4.78 is 0. The van der Waals surface area contributed by atoms with Gasteiger partial charge in [-0.05, 0) is 31.1 Å². The number of primary amides is 1. The molecule has 1 amide bonds. The Labute approximate surface area is 68.2 Å². The third-order valence-electron chi connectivity index (χ3n) is 2.82. The number of amides is 1. The lowest BCUT2D eigenvalue weighted by Gasteiger charge is -2.12. The molecule has 1 saturated carbocycles. The van der Waals surface area contributed by atoms with Crippen LogP contribution in [0.1, 0.15) is 33.1 Å². The predicted molar refractivity (Wildman–Crippen MR) is 44.9 cm³/mol. The number of hydrogen-bond donors (Lipinski definition) is 1. The second-order valence-corrected chi connectivity index (χ2v) is 3.92. The molecule has 0 spiro atoms. The Morgan fingerprint density at radius 3 is 2.36 bits per heavy atom. The van der Waals surface area contributed by atoms with Gasteiger partial charge in [0.15, 0.2) is 0 Å². The minimum absolute atomic E-state index is 0.104. The summed E-state index contributed by atoms with van der Waals surface area (Å²) in [6, 6.07) is 0. The lowest BCUT2D eigenvalue weighted by molar-refractivity contribution is -0.121. The Balaban J connectivity index is 2.41. The van der Waals surface area contributed by atoms with Crippen LogP contribution in [0.2, 0.25) is 0 Å². The maximum atomic E-state index is 10.8. The van der Waals surface area contributed by atoms with Crippen molar-refractivity contribution in [2.45, 2.75) is 33.1 Å². The molecule has 2 N–H and O–H groups in total. The topological polar surface area (TPSA) is 43.1 Å². The maximum Gasteiger partial charge on any atom is 0.220 e. The summed E-state index contributed by atoms with van der Waals surface area (Å²) in [5, 5.41) is 0. The summed E-state index contributed by atoms with van der Waals surface area (Å²) in [5.41, 5.74) is 5.22. The first-order chi connectivity index (χ1) is 5.11. The highest BCUT2D eigenvalue weighted by Crippen LogP contribution is 2.35. The molecule has 0 radical (unpaired) electrons. The van der Waals surface area contributed by atoms with Gasteiger partial charge in [0.1, 0.15) is 0 Å². The average molecular weight is 155 g/mol. The molecule has 2 nitrogen and oxygen atoms in total. The molecule has 0 aliphatic heterocycles. The van der Waals surface area contributed by atoms with Crippen molar-refractivity contribution >= 4 is 5.91 Å². The van der Waals surface area contributed by atoms with Crippen molar-refractivity contribution in [1.29, 1.82) is 0 Å². The van der Waals surface area contributed by atoms with Crippen molar-refractivity contribution in [2.24, 2.45) is 23.5 Å². The lowest BCUT2D eigenvalue weighted by atomic mass is 9.93. The fraction of sp³-hybridized carbons (Fsp3) is 0.889. The summed E-state index contributed by atoms with van der Waals surface area (Å²) in [5.74, 6) is 1.50. The van der Waals surface area contributed by atoms with Gasteiger partial charge in [0.2, 0.25) is 5.91 Å². The van der Waals surface area contributed by atoms with Crippen molar-refractivity contribution < 1.29 is 4.79 Å². The minimum atomic E-state index is -0.104. The minimum Gasteiger partial charge on any atom is -0.369 e. The maximum absolute atomic E-state index is 10.8. The second-order valence-electron chi connectivity index (χ2n) is 3.92. The van der Waals surface area contributed by atoms with E-state index in [0.29, 0.717) is 5.92 Å². The van der Waals surface area contributed by atoms with Crippen LogP contribution in [0.25, 0.3) is 0 Å². The third kappa shape index (κ3) is 1.95. The van der Waals surface area contributed by atoms with Crippen molar-refractivity contribution in [3.8, 4) is 0 Å². The Morgan fingerprint density at radius 1 is 1.45 bits per heavy atom. The fourth-order valence-electron chi connectivity index (χ4n) is 1.88. The Kier molecular flexibility index (Phi) is 2.53. The van der Waals surface area contributed by atoms with E-state index >= 15 is 0 Å². The van der Waals surface area contributed by atoms with E-state index in [2.05, 4.69) is 13.8 Å². The van der Waals surface area contributed by atoms with Gasteiger partial charge in [-0.3, -0.25) is 4.79 Å². The van der Waals surface area contributed by atoms with Crippen LogP contribution in [0, 0.1) is 17.8 Å². The highest BCUT2D eigenvalue weighted by molar-refractivity contribution is 5.76. The third-order valence-corrected chi connectivity index (χ3v) is 2.82. The number of nitrogens with two attached hydrogens (primary N) is 1. The van der Waals surface area contributed by atoms with Crippen LogP contribution in [-0.4, -0.2) is 5.91 Å². The molecule has 11 heavy (non-hydrogen) atoms. The van der Waals surface area contributed by atoms with Gasteiger partial charge in [-0.1, -0.05) is 13.8 Å². The molecule has 2 heteroatoms. The molecule has 1 aliphatic rings. The molecule has 0 aromatic rings.